The van der Waals surface area contributed by atoms with Crippen LogP contribution in [-0.4, -0.2) is 49.5 Å². The summed E-state index contributed by atoms with van der Waals surface area (Å²) in [4.78, 5) is 18.9. The molecule has 0 aromatic carbocycles. The number of nitrogens with zero attached hydrogens (tertiary/aromatic N) is 2. The van der Waals surface area contributed by atoms with Crippen LogP contribution in [0.4, 0.5) is 0 Å². The first-order valence-electron chi connectivity index (χ1n) is 8.34. The summed E-state index contributed by atoms with van der Waals surface area (Å²) < 4.78 is 0. The van der Waals surface area contributed by atoms with Gasteiger partial charge in [0.25, 0.3) is 0 Å². The molecule has 1 aliphatic carbocycles. The van der Waals surface area contributed by atoms with Gasteiger partial charge in [-0.15, -0.1) is 24.0 Å². The minimum Gasteiger partial charge on any atom is -0.357 e. The first-order valence-corrected chi connectivity index (χ1v) is 8.34. The van der Waals surface area contributed by atoms with Gasteiger partial charge < -0.3 is 15.5 Å². The number of aliphatic imine (C=N–C) groups is 1. The minimum atomic E-state index is 0. The number of rotatable bonds is 3. The zero-order valence-corrected chi connectivity index (χ0v) is 16.1. The normalized spacial score (nSPS) is 30.0. The monoisotopic (exact) mass is 420 g/mol. The van der Waals surface area contributed by atoms with Crippen molar-refractivity contribution < 1.29 is 4.79 Å². The average molecular weight is 420 g/mol. The average Bonchev–Trinajstić information content (AvgIpc) is 3.10. The van der Waals surface area contributed by atoms with E-state index in [1.807, 2.05) is 0 Å². The van der Waals surface area contributed by atoms with Crippen LogP contribution in [0.25, 0.3) is 0 Å². The van der Waals surface area contributed by atoms with E-state index in [1.54, 1.807) is 0 Å². The molecule has 1 spiro atoms. The lowest BCUT2D eigenvalue weighted by atomic mass is 9.79. The van der Waals surface area contributed by atoms with Gasteiger partial charge in [0.05, 0.1) is 0 Å². The number of hydrogen-bond acceptors (Lipinski definition) is 2. The smallest absolute Gasteiger partial charge is 0.220 e. The molecule has 2 saturated heterocycles. The van der Waals surface area contributed by atoms with E-state index < -0.39 is 0 Å². The van der Waals surface area contributed by atoms with Gasteiger partial charge in [0.15, 0.2) is 5.96 Å². The lowest BCUT2D eigenvalue weighted by Gasteiger charge is -2.41. The number of amides is 1. The minimum absolute atomic E-state index is 0. The molecule has 0 aromatic heterocycles. The Labute approximate surface area is 150 Å². The molecule has 1 unspecified atom stereocenters. The second-order valence-electron chi connectivity index (χ2n) is 7.46. The highest BCUT2D eigenvalue weighted by Crippen LogP contribution is 2.45. The van der Waals surface area contributed by atoms with Crippen LogP contribution < -0.4 is 10.6 Å². The summed E-state index contributed by atoms with van der Waals surface area (Å²) in [6.45, 7) is 9.10. The lowest BCUT2D eigenvalue weighted by molar-refractivity contribution is -0.119. The van der Waals surface area contributed by atoms with Crippen molar-refractivity contribution >= 4 is 35.8 Å². The van der Waals surface area contributed by atoms with Gasteiger partial charge in [-0.3, -0.25) is 9.79 Å². The second-order valence-corrected chi connectivity index (χ2v) is 7.46. The Morgan fingerprint density at radius 2 is 2.18 bits per heavy atom. The molecule has 2 aliphatic heterocycles. The lowest BCUT2D eigenvalue weighted by Crippen LogP contribution is -2.51. The summed E-state index contributed by atoms with van der Waals surface area (Å²) in [6, 6.07) is 0. The molecule has 2 N–H and O–H groups in total. The zero-order valence-electron chi connectivity index (χ0n) is 13.8. The van der Waals surface area contributed by atoms with Crippen molar-refractivity contribution in [1.82, 2.24) is 15.5 Å². The molecule has 5 nitrogen and oxygen atoms in total. The van der Waals surface area contributed by atoms with Crippen LogP contribution in [0.15, 0.2) is 4.99 Å². The van der Waals surface area contributed by atoms with E-state index in [0.717, 1.165) is 51.5 Å². The number of nitrogens with one attached hydrogen (secondary N) is 2. The summed E-state index contributed by atoms with van der Waals surface area (Å²) in [7, 11) is 0. The molecular weight excluding hydrogens is 391 g/mol. The Kier molecular flexibility index (Phi) is 5.61. The van der Waals surface area contributed by atoms with Crippen LogP contribution in [0.5, 0.6) is 0 Å². The maximum absolute atomic E-state index is 11.6. The van der Waals surface area contributed by atoms with Crippen LogP contribution in [0.3, 0.4) is 0 Å². The molecule has 0 bridgehead atoms. The molecule has 0 radical (unpaired) electrons. The SMILES string of the molecule is CCNC(=NCC1(C)CC1)N1CCCC2(CNC(=O)C2)C1.I. The highest BCUT2D eigenvalue weighted by molar-refractivity contribution is 14.0. The van der Waals surface area contributed by atoms with Crippen LogP contribution in [0, 0.1) is 10.8 Å². The van der Waals surface area contributed by atoms with E-state index in [4.69, 9.17) is 4.99 Å². The summed E-state index contributed by atoms with van der Waals surface area (Å²) in [5, 5.41) is 6.45. The zero-order chi connectivity index (χ0) is 14.9. The van der Waals surface area contributed by atoms with Crippen LogP contribution in [0.2, 0.25) is 0 Å². The molecule has 126 valence electrons. The Hall–Kier alpha value is -0.530. The third kappa shape index (κ3) is 4.06. The van der Waals surface area contributed by atoms with E-state index in [9.17, 15) is 4.79 Å². The Morgan fingerprint density at radius 3 is 2.77 bits per heavy atom. The fourth-order valence-electron chi connectivity index (χ4n) is 3.49. The summed E-state index contributed by atoms with van der Waals surface area (Å²) in [6.07, 6.45) is 5.59. The predicted molar refractivity (Wildman–Crippen MR) is 99.6 cm³/mol. The number of carbonyl (C=O) groups excluding carboxylic acids is 1. The van der Waals surface area contributed by atoms with Gasteiger partial charge in [-0.1, -0.05) is 6.92 Å². The maximum Gasteiger partial charge on any atom is 0.220 e. The quantitative estimate of drug-likeness (QED) is 0.417. The van der Waals surface area contributed by atoms with E-state index in [2.05, 4.69) is 29.4 Å². The van der Waals surface area contributed by atoms with Gasteiger partial charge in [-0.25, -0.2) is 0 Å². The highest BCUT2D eigenvalue weighted by atomic mass is 127. The van der Waals surface area contributed by atoms with E-state index in [1.165, 1.54) is 12.8 Å². The molecule has 3 fully saturated rings. The van der Waals surface area contributed by atoms with E-state index in [0.29, 0.717) is 11.8 Å². The van der Waals surface area contributed by atoms with Gasteiger partial charge >= 0.3 is 0 Å². The number of carbonyl (C=O) groups is 1. The van der Waals surface area contributed by atoms with Gasteiger partial charge in [0.1, 0.15) is 0 Å². The largest absolute Gasteiger partial charge is 0.357 e. The summed E-state index contributed by atoms with van der Waals surface area (Å²) >= 11 is 0. The molecule has 2 heterocycles. The second kappa shape index (κ2) is 6.93. The molecule has 1 atom stereocenters. The Balaban J connectivity index is 0.00000176. The molecule has 6 heteroatoms. The van der Waals surface area contributed by atoms with Crippen molar-refractivity contribution in [2.75, 3.05) is 32.7 Å². The van der Waals surface area contributed by atoms with Crippen LogP contribution in [0.1, 0.15) is 46.0 Å². The standard InChI is InChI=1S/C16H28N4O.HI/c1-3-17-14(19-10-15(2)6-7-15)20-8-4-5-16(12-20)9-13(21)18-11-16;/h3-12H2,1-2H3,(H,17,19)(H,18,21);1H. The summed E-state index contributed by atoms with van der Waals surface area (Å²) in [5.41, 5.74) is 0.577. The summed E-state index contributed by atoms with van der Waals surface area (Å²) in [5.74, 6) is 1.26. The third-order valence-corrected chi connectivity index (χ3v) is 5.21. The van der Waals surface area contributed by atoms with Gasteiger partial charge in [0.2, 0.25) is 5.91 Å². The van der Waals surface area contributed by atoms with Crippen molar-refractivity contribution in [3.05, 3.63) is 0 Å². The molecule has 3 rings (SSSR count). The topological polar surface area (TPSA) is 56.7 Å². The van der Waals surface area contributed by atoms with Crippen molar-refractivity contribution in [1.29, 1.82) is 0 Å². The highest BCUT2D eigenvalue weighted by Gasteiger charge is 2.42. The third-order valence-electron chi connectivity index (χ3n) is 5.21. The van der Waals surface area contributed by atoms with Crippen molar-refractivity contribution in [2.24, 2.45) is 15.8 Å². The Bertz CT molecular complexity index is 449. The van der Waals surface area contributed by atoms with Crippen molar-refractivity contribution in [3.8, 4) is 0 Å². The molecular formula is C16H29IN4O. The maximum atomic E-state index is 11.6. The first-order chi connectivity index (χ1) is 10.0. The van der Waals surface area contributed by atoms with Crippen molar-refractivity contribution in [2.45, 2.75) is 46.0 Å². The number of guanidine groups is 1. The van der Waals surface area contributed by atoms with E-state index in [-0.39, 0.29) is 35.3 Å². The number of piperidine rings is 1. The number of likely N-dealkylation sites (tertiary alicyclic amines) is 1. The number of hydrogen-bond donors (Lipinski definition) is 2. The molecule has 22 heavy (non-hydrogen) atoms. The van der Waals surface area contributed by atoms with Crippen LogP contribution in [-0.2, 0) is 4.79 Å². The fraction of sp³-hybridized carbons (Fsp3) is 0.875. The predicted octanol–water partition coefficient (Wildman–Crippen LogP) is 1.97. The van der Waals surface area contributed by atoms with Gasteiger partial charge in [-0.2, -0.15) is 0 Å². The first kappa shape index (κ1) is 17.8. The fourth-order valence-corrected chi connectivity index (χ4v) is 3.49. The molecule has 1 saturated carbocycles. The molecule has 3 aliphatic rings. The van der Waals surface area contributed by atoms with Gasteiger partial charge in [0, 0.05) is 44.6 Å². The number of halogens is 1. The van der Waals surface area contributed by atoms with Gasteiger partial charge in [-0.05, 0) is 38.0 Å². The Morgan fingerprint density at radius 1 is 1.41 bits per heavy atom. The molecule has 0 aromatic rings. The van der Waals surface area contributed by atoms with Crippen LogP contribution >= 0.6 is 24.0 Å². The van der Waals surface area contributed by atoms with E-state index >= 15 is 0 Å². The van der Waals surface area contributed by atoms with Crippen molar-refractivity contribution in [3.63, 3.8) is 0 Å². The molecule has 1 amide bonds.